The number of hydrogen-bond acceptors (Lipinski definition) is 8. The number of aromatic hydroxyl groups is 3. The van der Waals surface area contributed by atoms with Crippen LogP contribution in [0.2, 0.25) is 0 Å². The smallest absolute Gasteiger partial charge is 0.244 e. The van der Waals surface area contributed by atoms with Gasteiger partial charge in [-0.3, -0.25) is 9.59 Å². The first-order chi connectivity index (χ1) is 22.2. The summed E-state index contributed by atoms with van der Waals surface area (Å²) >= 11 is 0. The number of carbonyl (C=O) groups excluding carboxylic acids is 2. The van der Waals surface area contributed by atoms with E-state index in [2.05, 4.69) is 10.6 Å². The van der Waals surface area contributed by atoms with Gasteiger partial charge in [-0.25, -0.2) is 0 Å². The van der Waals surface area contributed by atoms with Gasteiger partial charge in [0.05, 0.1) is 14.2 Å². The molecule has 0 saturated heterocycles. The Bertz CT molecular complexity index is 1720. The van der Waals surface area contributed by atoms with Crippen molar-refractivity contribution >= 4 is 17.9 Å². The van der Waals surface area contributed by atoms with E-state index in [-0.39, 0.29) is 34.8 Å². The molecule has 1 aliphatic rings. The number of rotatable bonds is 12. The third-order valence-corrected chi connectivity index (χ3v) is 7.75. The van der Waals surface area contributed by atoms with E-state index in [1.165, 1.54) is 26.4 Å². The number of hydrogen-bond donors (Lipinski definition) is 5. The normalized spacial score (nSPS) is 15.2. The zero-order valence-corrected chi connectivity index (χ0v) is 25.5. The number of methoxy groups -OCH3 is 2. The number of benzene rings is 4. The molecule has 0 aromatic heterocycles. The Hall–Kier alpha value is -5.64. The molecule has 2 atom stereocenters. The van der Waals surface area contributed by atoms with E-state index in [9.17, 15) is 24.9 Å². The van der Waals surface area contributed by atoms with Crippen molar-refractivity contribution < 1.29 is 39.1 Å². The van der Waals surface area contributed by atoms with Gasteiger partial charge in [0.2, 0.25) is 11.8 Å². The van der Waals surface area contributed by atoms with Crippen LogP contribution in [0.15, 0.2) is 84.9 Å². The van der Waals surface area contributed by atoms with Gasteiger partial charge in [-0.05, 0) is 89.7 Å². The number of phenols is 3. The summed E-state index contributed by atoms with van der Waals surface area (Å²) in [6.45, 7) is 0.765. The summed E-state index contributed by atoms with van der Waals surface area (Å²) in [5, 5.41) is 35.1. The average Bonchev–Trinajstić information content (AvgIpc) is 3.45. The Kier molecular flexibility index (Phi) is 9.97. The Morgan fingerprint density at radius 3 is 2.00 bits per heavy atom. The fourth-order valence-electron chi connectivity index (χ4n) is 5.35. The molecule has 0 radical (unpaired) electrons. The first-order valence-corrected chi connectivity index (χ1v) is 14.8. The molecule has 46 heavy (non-hydrogen) atoms. The Morgan fingerprint density at radius 1 is 0.783 bits per heavy atom. The molecular formula is C36H36N2O8. The van der Waals surface area contributed by atoms with E-state index >= 15 is 0 Å². The summed E-state index contributed by atoms with van der Waals surface area (Å²) in [5.41, 5.74) is 3.79. The maximum atomic E-state index is 13.8. The van der Waals surface area contributed by atoms with E-state index in [0.29, 0.717) is 54.1 Å². The molecule has 4 aromatic rings. The highest BCUT2D eigenvalue weighted by molar-refractivity contribution is 5.92. The van der Waals surface area contributed by atoms with Crippen LogP contribution in [0.4, 0.5) is 0 Å². The third-order valence-electron chi connectivity index (χ3n) is 7.75. The van der Waals surface area contributed by atoms with Crippen LogP contribution in [0.1, 0.15) is 39.8 Å². The lowest BCUT2D eigenvalue weighted by Crippen LogP contribution is -2.33. The van der Waals surface area contributed by atoms with Crippen molar-refractivity contribution in [1.82, 2.24) is 10.6 Å². The molecule has 0 saturated carbocycles. The molecule has 2 amide bonds. The summed E-state index contributed by atoms with van der Waals surface area (Å²) in [6.07, 6.45) is 3.47. The highest BCUT2D eigenvalue weighted by atomic mass is 16.5. The van der Waals surface area contributed by atoms with Crippen molar-refractivity contribution in [2.75, 3.05) is 27.3 Å². The predicted octanol–water partition coefficient (Wildman–Crippen LogP) is 4.77. The van der Waals surface area contributed by atoms with Crippen LogP contribution in [-0.2, 0) is 22.4 Å². The molecule has 0 unspecified atom stereocenters. The van der Waals surface area contributed by atoms with Gasteiger partial charge in [-0.15, -0.1) is 0 Å². The van der Waals surface area contributed by atoms with Crippen LogP contribution >= 0.6 is 0 Å². The summed E-state index contributed by atoms with van der Waals surface area (Å²) in [4.78, 5) is 26.4. The molecule has 1 heterocycles. The van der Waals surface area contributed by atoms with Crippen molar-refractivity contribution in [3.05, 3.63) is 113 Å². The van der Waals surface area contributed by atoms with Crippen LogP contribution in [0.25, 0.3) is 6.08 Å². The van der Waals surface area contributed by atoms with Gasteiger partial charge in [-0.1, -0.05) is 30.3 Å². The quantitative estimate of drug-likeness (QED) is 0.142. The lowest BCUT2D eigenvalue weighted by molar-refractivity contribution is -0.124. The average molecular weight is 625 g/mol. The number of amides is 2. The minimum Gasteiger partial charge on any atom is -0.508 e. The molecule has 5 N–H and O–H groups in total. The second-order valence-corrected chi connectivity index (χ2v) is 10.8. The van der Waals surface area contributed by atoms with Crippen molar-refractivity contribution in [1.29, 1.82) is 0 Å². The molecule has 4 aromatic carbocycles. The summed E-state index contributed by atoms with van der Waals surface area (Å²) in [5.74, 6) is 0.0356. The molecule has 0 aliphatic carbocycles. The monoisotopic (exact) mass is 624 g/mol. The number of fused-ring (bicyclic) bond motifs is 1. The van der Waals surface area contributed by atoms with E-state index in [1.807, 2.05) is 0 Å². The minimum absolute atomic E-state index is 0.0389. The summed E-state index contributed by atoms with van der Waals surface area (Å²) < 4.78 is 17.3. The Labute approximate surface area is 266 Å². The van der Waals surface area contributed by atoms with Crippen LogP contribution in [0, 0.1) is 0 Å². The van der Waals surface area contributed by atoms with Crippen LogP contribution in [0.3, 0.4) is 0 Å². The Balaban J connectivity index is 1.37. The number of phenolic OH excluding ortho intramolecular Hbond substituents is 3. The lowest BCUT2D eigenvalue weighted by atomic mass is 9.89. The fraction of sp³-hybridized carbons (Fsp3) is 0.222. The van der Waals surface area contributed by atoms with E-state index in [1.54, 1.807) is 78.9 Å². The zero-order chi connectivity index (χ0) is 32.6. The zero-order valence-electron chi connectivity index (χ0n) is 25.5. The summed E-state index contributed by atoms with van der Waals surface area (Å²) in [7, 11) is 2.95. The van der Waals surface area contributed by atoms with Crippen molar-refractivity contribution in [2.45, 2.75) is 24.9 Å². The third kappa shape index (κ3) is 7.52. The van der Waals surface area contributed by atoms with Gasteiger partial charge in [0.25, 0.3) is 0 Å². The van der Waals surface area contributed by atoms with Crippen LogP contribution in [0.5, 0.6) is 34.5 Å². The SMILES string of the molecule is COc1cc([C@@H]2Oc3c(OC)cc(/C=C/C(=O)NCCc4ccc(O)cc4)cc3[C@@H]2C(=O)NCCc2ccc(O)cc2)ccc1O. The largest absolute Gasteiger partial charge is 0.508 e. The van der Waals surface area contributed by atoms with Crippen LogP contribution in [-0.4, -0.2) is 54.4 Å². The van der Waals surface area contributed by atoms with Crippen molar-refractivity contribution in [3.63, 3.8) is 0 Å². The highest BCUT2D eigenvalue weighted by Crippen LogP contribution is 2.51. The van der Waals surface area contributed by atoms with Gasteiger partial charge in [-0.2, -0.15) is 0 Å². The molecule has 1 aliphatic heterocycles. The van der Waals surface area contributed by atoms with E-state index < -0.39 is 12.0 Å². The fourth-order valence-corrected chi connectivity index (χ4v) is 5.35. The highest BCUT2D eigenvalue weighted by Gasteiger charge is 2.42. The number of carbonyl (C=O) groups is 2. The second-order valence-electron chi connectivity index (χ2n) is 10.8. The first kappa shape index (κ1) is 31.8. The molecule has 0 spiro atoms. The van der Waals surface area contributed by atoms with Gasteiger partial charge < -0.3 is 40.2 Å². The van der Waals surface area contributed by atoms with Gasteiger partial charge >= 0.3 is 0 Å². The molecule has 10 nitrogen and oxygen atoms in total. The van der Waals surface area contributed by atoms with Gasteiger partial charge in [0.1, 0.15) is 23.5 Å². The molecule has 10 heteroatoms. The van der Waals surface area contributed by atoms with Gasteiger partial charge in [0.15, 0.2) is 23.0 Å². The maximum absolute atomic E-state index is 13.8. The van der Waals surface area contributed by atoms with Crippen molar-refractivity contribution in [2.24, 2.45) is 0 Å². The van der Waals surface area contributed by atoms with Crippen molar-refractivity contribution in [3.8, 4) is 34.5 Å². The summed E-state index contributed by atoms with van der Waals surface area (Å²) in [6, 6.07) is 22.0. The first-order valence-electron chi connectivity index (χ1n) is 14.8. The maximum Gasteiger partial charge on any atom is 0.244 e. The van der Waals surface area contributed by atoms with Crippen LogP contribution < -0.4 is 24.8 Å². The molecular weight excluding hydrogens is 588 g/mol. The van der Waals surface area contributed by atoms with E-state index in [4.69, 9.17) is 14.2 Å². The number of nitrogens with one attached hydrogen (secondary N) is 2. The molecule has 5 rings (SSSR count). The van der Waals surface area contributed by atoms with Gasteiger partial charge in [0, 0.05) is 24.7 Å². The second kappa shape index (κ2) is 14.4. The molecule has 0 fully saturated rings. The molecule has 238 valence electrons. The number of ether oxygens (including phenoxy) is 3. The van der Waals surface area contributed by atoms with E-state index in [0.717, 1.165) is 11.1 Å². The standard InChI is InChI=1S/C36H36N2O8/c1-44-30-21-25(8-13-29(30)41)34-33(36(43)38-18-16-23-5-11-27(40)12-6-23)28-19-24(20-31(45-2)35(28)46-34)7-14-32(42)37-17-15-22-3-9-26(39)10-4-22/h3-14,19-21,33-34,39-41H,15-18H2,1-2H3,(H,37,42)(H,38,43)/b14-7+/t33-,34-/m0/s1. The molecule has 0 bridgehead atoms. The lowest BCUT2D eigenvalue weighted by Gasteiger charge is -2.20. The topological polar surface area (TPSA) is 147 Å². The minimum atomic E-state index is -0.787. The predicted molar refractivity (Wildman–Crippen MR) is 172 cm³/mol. The Morgan fingerprint density at radius 2 is 1.39 bits per heavy atom.